The van der Waals surface area contributed by atoms with Crippen molar-refractivity contribution >= 4 is 75.2 Å². The van der Waals surface area contributed by atoms with Gasteiger partial charge in [0.1, 0.15) is 0 Å². The van der Waals surface area contributed by atoms with Gasteiger partial charge in [-0.3, -0.25) is 0 Å². The van der Waals surface area contributed by atoms with E-state index >= 15 is 0 Å². The van der Waals surface area contributed by atoms with Gasteiger partial charge in [-0.1, -0.05) is 117 Å². The lowest BCUT2D eigenvalue weighted by Gasteiger charge is -2.16. The Morgan fingerprint density at radius 1 is 0.472 bits per heavy atom. The summed E-state index contributed by atoms with van der Waals surface area (Å²) >= 11 is 7.20. The summed E-state index contributed by atoms with van der Waals surface area (Å²) in [5, 5.41) is 7.08. The Hall–Kier alpha value is -3.53. The highest BCUT2D eigenvalue weighted by atomic mass is 79.9. The van der Waals surface area contributed by atoms with Gasteiger partial charge >= 0.3 is 0 Å². The zero-order valence-corrected chi connectivity index (χ0v) is 22.3. The average Bonchev–Trinajstić information content (AvgIpc) is 2.92. The zero-order valence-electron chi connectivity index (χ0n) is 19.2. The van der Waals surface area contributed by atoms with Crippen LogP contribution >= 0.6 is 31.9 Å². The Kier molecular flexibility index (Phi) is 5.16. The van der Waals surface area contributed by atoms with Gasteiger partial charge in [0.15, 0.2) is 0 Å². The van der Waals surface area contributed by atoms with Gasteiger partial charge in [-0.25, -0.2) is 4.98 Å². The van der Waals surface area contributed by atoms with Crippen molar-refractivity contribution in [3.63, 3.8) is 0 Å². The molecule has 0 aliphatic carbocycles. The van der Waals surface area contributed by atoms with Crippen molar-refractivity contribution in [2.75, 3.05) is 0 Å². The molecule has 0 aliphatic heterocycles. The average molecular weight is 589 g/mol. The summed E-state index contributed by atoms with van der Waals surface area (Å²) in [5.41, 5.74) is 6.84. The van der Waals surface area contributed by atoms with Crippen molar-refractivity contribution in [3.8, 4) is 22.3 Å². The summed E-state index contributed by atoms with van der Waals surface area (Å²) < 4.78 is 2.14. The van der Waals surface area contributed by atoms with Crippen LogP contribution in [0, 0.1) is 0 Å². The van der Waals surface area contributed by atoms with Crippen LogP contribution in [-0.2, 0) is 0 Å². The third-order valence-corrected chi connectivity index (χ3v) is 8.00. The SMILES string of the molecule is Brc1ccc(-c2ccc3ccc4cc5ccc6ccccc6c5nc4c3c2-c2ccc(Br)cc2)cc1. The maximum atomic E-state index is 5.37. The summed E-state index contributed by atoms with van der Waals surface area (Å²) in [6.07, 6.45) is 0. The van der Waals surface area contributed by atoms with E-state index in [1.165, 1.54) is 43.8 Å². The molecule has 0 radical (unpaired) electrons. The van der Waals surface area contributed by atoms with Crippen LogP contribution in [0.3, 0.4) is 0 Å². The Morgan fingerprint density at radius 3 is 1.81 bits per heavy atom. The Labute approximate surface area is 225 Å². The molecule has 1 nitrogen and oxygen atoms in total. The minimum atomic E-state index is 1.04. The van der Waals surface area contributed by atoms with E-state index < -0.39 is 0 Å². The van der Waals surface area contributed by atoms with Crippen molar-refractivity contribution in [2.45, 2.75) is 0 Å². The highest BCUT2D eigenvalue weighted by Crippen LogP contribution is 2.42. The van der Waals surface area contributed by atoms with Gasteiger partial charge < -0.3 is 0 Å². The molecular formula is C33H19Br2N. The Bertz CT molecular complexity index is 1940. The Balaban J connectivity index is 1.66. The lowest BCUT2D eigenvalue weighted by atomic mass is 9.88. The van der Waals surface area contributed by atoms with Crippen LogP contribution in [-0.4, -0.2) is 4.98 Å². The van der Waals surface area contributed by atoms with Crippen LogP contribution in [0.4, 0.5) is 0 Å². The van der Waals surface area contributed by atoms with Crippen molar-refractivity contribution in [1.29, 1.82) is 0 Å². The number of hydrogen-bond donors (Lipinski definition) is 0. The van der Waals surface area contributed by atoms with E-state index in [-0.39, 0.29) is 0 Å². The van der Waals surface area contributed by atoms with Gasteiger partial charge in [0.05, 0.1) is 11.0 Å². The fourth-order valence-electron chi connectivity index (χ4n) is 5.23. The normalized spacial score (nSPS) is 11.6. The molecule has 0 unspecified atom stereocenters. The predicted molar refractivity (Wildman–Crippen MR) is 161 cm³/mol. The maximum absolute atomic E-state index is 5.37. The van der Waals surface area contributed by atoms with E-state index in [0.29, 0.717) is 0 Å². The van der Waals surface area contributed by atoms with Gasteiger partial charge in [0, 0.05) is 30.5 Å². The van der Waals surface area contributed by atoms with E-state index in [1.54, 1.807) is 0 Å². The van der Waals surface area contributed by atoms with Crippen LogP contribution < -0.4 is 0 Å². The van der Waals surface area contributed by atoms with Gasteiger partial charge in [0.25, 0.3) is 0 Å². The van der Waals surface area contributed by atoms with E-state index in [1.807, 2.05) is 0 Å². The molecule has 3 heteroatoms. The first-order valence-electron chi connectivity index (χ1n) is 11.9. The number of benzene rings is 6. The molecule has 0 fully saturated rings. The van der Waals surface area contributed by atoms with Crippen LogP contribution in [0.2, 0.25) is 0 Å². The third kappa shape index (κ3) is 3.54. The molecule has 0 saturated carbocycles. The number of fused-ring (bicyclic) bond motifs is 6. The lowest BCUT2D eigenvalue weighted by molar-refractivity contribution is 1.53. The summed E-state index contributed by atoms with van der Waals surface area (Å²) in [6, 6.07) is 41.2. The first-order chi connectivity index (χ1) is 17.7. The number of nitrogens with zero attached hydrogens (tertiary/aromatic N) is 1. The molecule has 1 heterocycles. The number of pyridine rings is 1. The molecular weight excluding hydrogens is 570 g/mol. The van der Waals surface area contributed by atoms with Crippen LogP contribution in [0.5, 0.6) is 0 Å². The molecule has 0 amide bonds. The van der Waals surface area contributed by atoms with Gasteiger partial charge in [0.2, 0.25) is 0 Å². The first-order valence-corrected chi connectivity index (χ1v) is 13.4. The fourth-order valence-corrected chi connectivity index (χ4v) is 5.76. The van der Waals surface area contributed by atoms with E-state index in [2.05, 4.69) is 147 Å². The molecule has 7 rings (SSSR count). The smallest absolute Gasteiger partial charge is 0.0794 e. The molecule has 0 saturated heterocycles. The molecule has 0 spiro atoms. The number of hydrogen-bond acceptors (Lipinski definition) is 1. The second kappa shape index (κ2) is 8.55. The second-order valence-corrected chi connectivity index (χ2v) is 10.9. The molecule has 0 aliphatic rings. The maximum Gasteiger partial charge on any atom is 0.0794 e. The predicted octanol–water partition coefficient (Wildman–Crippen LogP) is 10.6. The van der Waals surface area contributed by atoms with Crippen LogP contribution in [0.25, 0.3) is 65.6 Å². The number of halogens is 2. The quantitative estimate of drug-likeness (QED) is 0.144. The van der Waals surface area contributed by atoms with Crippen LogP contribution in [0.1, 0.15) is 0 Å². The van der Waals surface area contributed by atoms with Gasteiger partial charge in [-0.15, -0.1) is 0 Å². The van der Waals surface area contributed by atoms with Crippen molar-refractivity contribution in [1.82, 2.24) is 4.98 Å². The molecule has 1 aromatic heterocycles. The van der Waals surface area contributed by atoms with E-state index in [0.717, 1.165) is 30.8 Å². The zero-order chi connectivity index (χ0) is 24.2. The molecule has 6 aromatic carbocycles. The molecule has 0 N–H and O–H groups in total. The highest BCUT2D eigenvalue weighted by Gasteiger charge is 2.16. The van der Waals surface area contributed by atoms with E-state index in [9.17, 15) is 0 Å². The molecule has 0 bridgehead atoms. The monoisotopic (exact) mass is 587 g/mol. The number of aromatic nitrogens is 1. The minimum absolute atomic E-state index is 1.04. The molecule has 0 atom stereocenters. The summed E-state index contributed by atoms with van der Waals surface area (Å²) in [6.45, 7) is 0. The summed E-state index contributed by atoms with van der Waals surface area (Å²) in [4.78, 5) is 5.37. The summed E-state index contributed by atoms with van der Waals surface area (Å²) in [7, 11) is 0. The van der Waals surface area contributed by atoms with Crippen LogP contribution in [0.15, 0.2) is 124 Å². The van der Waals surface area contributed by atoms with Crippen molar-refractivity contribution in [3.05, 3.63) is 124 Å². The largest absolute Gasteiger partial charge is 0.246 e. The van der Waals surface area contributed by atoms with Crippen molar-refractivity contribution in [2.24, 2.45) is 0 Å². The van der Waals surface area contributed by atoms with Gasteiger partial charge in [-0.05, 0) is 63.4 Å². The van der Waals surface area contributed by atoms with E-state index in [4.69, 9.17) is 4.98 Å². The molecule has 170 valence electrons. The third-order valence-electron chi connectivity index (χ3n) is 6.94. The Morgan fingerprint density at radius 2 is 1.06 bits per heavy atom. The van der Waals surface area contributed by atoms with Gasteiger partial charge in [-0.2, -0.15) is 0 Å². The van der Waals surface area contributed by atoms with Crippen molar-refractivity contribution < 1.29 is 0 Å². The second-order valence-electron chi connectivity index (χ2n) is 9.08. The minimum Gasteiger partial charge on any atom is -0.246 e. The summed E-state index contributed by atoms with van der Waals surface area (Å²) in [5.74, 6) is 0. The first kappa shape index (κ1) is 21.7. The topological polar surface area (TPSA) is 12.9 Å². The standard InChI is InChI=1S/C33H19Br2N/c34-26-14-9-21(10-15-26)28-18-13-23-6-8-25-19-24-7-5-20-3-1-2-4-29(20)32(24)36-33(25)31(23)30(28)22-11-16-27(35)17-12-22/h1-19H. The highest BCUT2D eigenvalue weighted by molar-refractivity contribution is 9.10. The molecule has 7 aromatic rings. The number of rotatable bonds is 2. The fraction of sp³-hybridized carbons (Fsp3) is 0. The lowest BCUT2D eigenvalue weighted by Crippen LogP contribution is -1.92. The molecule has 36 heavy (non-hydrogen) atoms.